The summed E-state index contributed by atoms with van der Waals surface area (Å²) in [5, 5.41) is 62.7. The third-order valence-corrected chi connectivity index (χ3v) is 11.9. The van der Waals surface area contributed by atoms with Crippen LogP contribution >= 0.6 is 0 Å². The van der Waals surface area contributed by atoms with E-state index in [9.17, 15) is 25.5 Å². The molecule has 2 aliphatic carbocycles. The van der Waals surface area contributed by atoms with Crippen LogP contribution in [-0.4, -0.2) is 139 Å². The maximum absolute atomic E-state index is 11.4. The lowest BCUT2D eigenvalue weighted by molar-refractivity contribution is -0.198. The van der Waals surface area contributed by atoms with Gasteiger partial charge >= 0.3 is 0 Å². The predicted octanol–water partition coefficient (Wildman–Crippen LogP) is 0.972. The van der Waals surface area contributed by atoms with Gasteiger partial charge in [0.05, 0.1) is 68.3 Å². The molecular formula is C37H72N4O9. The molecule has 0 aromatic heterocycles. The van der Waals surface area contributed by atoms with E-state index >= 15 is 0 Å². The number of likely N-dealkylation sites (N-methyl/N-ethyl adjacent to an activating group) is 1. The lowest BCUT2D eigenvalue weighted by atomic mass is 9.72. The zero-order valence-corrected chi connectivity index (χ0v) is 31.0. The summed E-state index contributed by atoms with van der Waals surface area (Å²) in [4.78, 5) is 0. The zero-order valence-electron chi connectivity index (χ0n) is 31.0. The van der Waals surface area contributed by atoms with Crippen molar-refractivity contribution in [2.75, 3.05) is 46.7 Å². The molecule has 4 fully saturated rings. The summed E-state index contributed by atoms with van der Waals surface area (Å²) in [6.45, 7) is 6.81. The monoisotopic (exact) mass is 717 g/mol. The number of piperidine rings is 1. The van der Waals surface area contributed by atoms with E-state index in [4.69, 9.17) is 24.7 Å². The molecule has 0 radical (unpaired) electrons. The topological polar surface area (TPSA) is 200 Å². The molecule has 2 heterocycles. The fraction of sp³-hybridized carbons (Fsp3) is 1.00. The lowest BCUT2D eigenvalue weighted by Crippen LogP contribution is -2.55. The molecule has 13 nitrogen and oxygen atoms in total. The molecule has 10 N–H and O–H groups in total. The second kappa shape index (κ2) is 22.0. The van der Waals surface area contributed by atoms with Gasteiger partial charge in [-0.3, -0.25) is 5.32 Å². The van der Waals surface area contributed by atoms with Crippen LogP contribution in [0.5, 0.6) is 0 Å². The van der Waals surface area contributed by atoms with Gasteiger partial charge < -0.3 is 60.8 Å². The van der Waals surface area contributed by atoms with E-state index in [1.165, 1.54) is 0 Å². The molecule has 2 saturated carbocycles. The highest BCUT2D eigenvalue weighted by Crippen LogP contribution is 2.42. The van der Waals surface area contributed by atoms with E-state index in [1.54, 1.807) is 14.0 Å². The number of hydrogen-bond donors (Lipinski definition) is 9. The summed E-state index contributed by atoms with van der Waals surface area (Å²) in [5.41, 5.74) is 6.14. The maximum atomic E-state index is 11.4. The largest absolute Gasteiger partial charge is 0.396 e. The van der Waals surface area contributed by atoms with Gasteiger partial charge in [0, 0.05) is 32.2 Å². The Balaban J connectivity index is 1.34. The van der Waals surface area contributed by atoms with Crippen LogP contribution in [-0.2, 0) is 18.9 Å². The van der Waals surface area contributed by atoms with Crippen LogP contribution in [0.3, 0.4) is 0 Å². The van der Waals surface area contributed by atoms with Crippen LogP contribution in [0.2, 0.25) is 0 Å². The first-order valence-electron chi connectivity index (χ1n) is 19.8. The Morgan fingerprint density at radius 3 is 2.40 bits per heavy atom. The van der Waals surface area contributed by atoms with Crippen molar-refractivity contribution < 1.29 is 44.5 Å². The van der Waals surface area contributed by atoms with Gasteiger partial charge in [0.1, 0.15) is 6.10 Å². The zero-order chi connectivity index (χ0) is 36.0. The highest BCUT2D eigenvalue weighted by molar-refractivity contribution is 4.97. The van der Waals surface area contributed by atoms with E-state index in [1.807, 2.05) is 0 Å². The fourth-order valence-electron chi connectivity index (χ4n) is 9.07. The molecule has 294 valence electrons. The number of rotatable bonds is 20. The summed E-state index contributed by atoms with van der Waals surface area (Å²) < 4.78 is 25.1. The first kappa shape index (κ1) is 42.2. The minimum Gasteiger partial charge on any atom is -0.396 e. The lowest BCUT2D eigenvalue weighted by Gasteiger charge is -2.48. The molecule has 2 aliphatic heterocycles. The molecule has 2 saturated heterocycles. The van der Waals surface area contributed by atoms with Crippen molar-refractivity contribution in [1.82, 2.24) is 16.0 Å². The van der Waals surface area contributed by atoms with Gasteiger partial charge in [-0.2, -0.15) is 0 Å². The van der Waals surface area contributed by atoms with Gasteiger partial charge in [-0.1, -0.05) is 6.92 Å². The van der Waals surface area contributed by atoms with E-state index < -0.39 is 36.6 Å². The molecule has 0 bridgehead atoms. The molecule has 4 aliphatic rings. The number of methoxy groups -OCH3 is 1. The highest BCUT2D eigenvalue weighted by Gasteiger charge is 2.47. The predicted molar refractivity (Wildman–Crippen MR) is 191 cm³/mol. The second-order valence-electron chi connectivity index (χ2n) is 15.8. The van der Waals surface area contributed by atoms with Crippen molar-refractivity contribution in [2.45, 2.75) is 164 Å². The van der Waals surface area contributed by atoms with Gasteiger partial charge in [-0.05, 0) is 121 Å². The van der Waals surface area contributed by atoms with Gasteiger partial charge in [0.15, 0.2) is 0 Å². The molecule has 15 atom stereocenters. The Bertz CT molecular complexity index is 924. The number of hydrogen-bond acceptors (Lipinski definition) is 13. The summed E-state index contributed by atoms with van der Waals surface area (Å²) in [5.74, 6) is 0.765. The van der Waals surface area contributed by atoms with Crippen molar-refractivity contribution in [1.29, 1.82) is 0 Å². The van der Waals surface area contributed by atoms with Crippen LogP contribution in [0.4, 0.5) is 0 Å². The summed E-state index contributed by atoms with van der Waals surface area (Å²) in [6, 6.07) is 0.172. The Labute approximate surface area is 300 Å². The molecule has 0 spiro atoms. The minimum atomic E-state index is -0.763. The number of ether oxygens (including phenoxy) is 4. The van der Waals surface area contributed by atoms with Crippen molar-refractivity contribution >= 4 is 0 Å². The second-order valence-corrected chi connectivity index (χ2v) is 15.8. The van der Waals surface area contributed by atoms with Gasteiger partial charge in [0.25, 0.3) is 0 Å². The standard InChI is InChI=1S/C37H72N4O9/c1-4-40-27(8-5-25-11-13-41-35(38)16-25)21-48-34-18-26(17-33(47-3)36(34)46)37-29(12-14-42)31(45)19-28(50-37)9-6-24-7-10-30(44)32(15-24)49-22-39-20-23(2)43/h23-37,39-46H,4-22,38H2,1-3H3. The van der Waals surface area contributed by atoms with Crippen molar-refractivity contribution in [3.8, 4) is 0 Å². The first-order chi connectivity index (χ1) is 24.1. The number of aliphatic hydroxyl groups excluding tert-OH is 5. The smallest absolute Gasteiger partial charge is 0.106 e. The van der Waals surface area contributed by atoms with Crippen LogP contribution in [0.1, 0.15) is 97.3 Å². The molecule has 0 aromatic carbocycles. The Kier molecular flexibility index (Phi) is 18.6. The van der Waals surface area contributed by atoms with Gasteiger partial charge in [-0.25, -0.2) is 0 Å². The third kappa shape index (κ3) is 13.1. The maximum Gasteiger partial charge on any atom is 0.106 e. The van der Waals surface area contributed by atoms with Crippen molar-refractivity contribution in [3.63, 3.8) is 0 Å². The van der Waals surface area contributed by atoms with E-state index in [2.05, 4.69) is 22.9 Å². The average molecular weight is 717 g/mol. The van der Waals surface area contributed by atoms with Gasteiger partial charge in [0.2, 0.25) is 0 Å². The van der Waals surface area contributed by atoms with Crippen LogP contribution in [0.15, 0.2) is 0 Å². The summed E-state index contributed by atoms with van der Waals surface area (Å²) >= 11 is 0. The third-order valence-electron chi connectivity index (χ3n) is 11.9. The van der Waals surface area contributed by atoms with Crippen LogP contribution in [0.25, 0.3) is 0 Å². The quantitative estimate of drug-likeness (QED) is 0.0639. The summed E-state index contributed by atoms with van der Waals surface area (Å²) in [7, 11) is 1.63. The first-order valence-corrected chi connectivity index (χ1v) is 19.8. The molecule has 15 unspecified atom stereocenters. The van der Waals surface area contributed by atoms with Gasteiger partial charge in [-0.15, -0.1) is 0 Å². The molecule has 50 heavy (non-hydrogen) atoms. The molecular weight excluding hydrogens is 644 g/mol. The Hall–Kier alpha value is -0.520. The molecule has 13 heteroatoms. The molecule has 0 amide bonds. The normalized spacial score (nSPS) is 39.7. The van der Waals surface area contributed by atoms with E-state index in [0.29, 0.717) is 57.1 Å². The SMILES string of the molecule is CCNC(CCC1CCNC(N)C1)COC1CC(C2OC(CCC3CCC(O)C(OCNCC(C)O)C3)CC(O)C2CCO)CC(OC)C1O. The number of nitrogens with one attached hydrogen (secondary N) is 3. The van der Waals surface area contributed by atoms with E-state index in [-0.39, 0.29) is 55.7 Å². The molecule has 4 rings (SSSR count). The fourth-order valence-corrected chi connectivity index (χ4v) is 9.07. The van der Waals surface area contributed by atoms with Crippen LogP contribution in [0, 0.1) is 23.7 Å². The minimum absolute atomic E-state index is 0.00657. The van der Waals surface area contributed by atoms with Crippen LogP contribution < -0.4 is 21.7 Å². The Morgan fingerprint density at radius 2 is 1.68 bits per heavy atom. The number of aliphatic hydroxyl groups is 5. The Morgan fingerprint density at radius 1 is 0.900 bits per heavy atom. The van der Waals surface area contributed by atoms with Crippen molar-refractivity contribution in [2.24, 2.45) is 29.4 Å². The average Bonchev–Trinajstić information content (AvgIpc) is 3.09. The summed E-state index contributed by atoms with van der Waals surface area (Å²) in [6.07, 6.45) is 6.68. The molecule has 0 aromatic rings. The van der Waals surface area contributed by atoms with Crippen molar-refractivity contribution in [3.05, 3.63) is 0 Å². The van der Waals surface area contributed by atoms with E-state index in [0.717, 1.165) is 64.5 Å². The number of nitrogens with two attached hydrogens (primary N) is 1. The highest BCUT2D eigenvalue weighted by atomic mass is 16.5.